The lowest BCUT2D eigenvalue weighted by Crippen LogP contribution is -2.42. The van der Waals surface area contributed by atoms with Crippen LogP contribution in [0, 0.1) is 5.92 Å². The molecule has 1 saturated carbocycles. The molecule has 0 saturated heterocycles. The highest BCUT2D eigenvalue weighted by molar-refractivity contribution is 6.31. The number of hydrogen-bond acceptors (Lipinski definition) is 4. The lowest BCUT2D eigenvalue weighted by Gasteiger charge is -2.11. The van der Waals surface area contributed by atoms with Crippen molar-refractivity contribution in [3.05, 3.63) is 58.6 Å². The molecule has 1 aliphatic rings. The van der Waals surface area contributed by atoms with Crippen molar-refractivity contribution in [1.29, 1.82) is 0 Å². The molecule has 7 heteroatoms. The molecule has 2 N–H and O–H groups in total. The SMILES string of the molecule is CCOc1ccc(C(=O)NNC(=O)C2CC2c2ccccc2Cl)cc1OC. The molecule has 2 unspecified atom stereocenters. The van der Waals surface area contributed by atoms with Crippen molar-refractivity contribution >= 4 is 23.4 Å². The smallest absolute Gasteiger partial charge is 0.269 e. The van der Waals surface area contributed by atoms with Crippen LogP contribution in [0.5, 0.6) is 11.5 Å². The summed E-state index contributed by atoms with van der Waals surface area (Å²) in [6, 6.07) is 12.3. The van der Waals surface area contributed by atoms with E-state index in [-0.39, 0.29) is 17.7 Å². The molecule has 0 aromatic heterocycles. The Morgan fingerprint density at radius 2 is 1.93 bits per heavy atom. The van der Waals surface area contributed by atoms with E-state index < -0.39 is 5.91 Å². The van der Waals surface area contributed by atoms with Gasteiger partial charge in [0, 0.05) is 16.5 Å². The number of nitrogens with one attached hydrogen (secondary N) is 2. The van der Waals surface area contributed by atoms with Gasteiger partial charge in [-0.25, -0.2) is 0 Å². The second-order valence-corrected chi connectivity index (χ2v) is 6.62. The zero-order valence-corrected chi connectivity index (χ0v) is 15.9. The van der Waals surface area contributed by atoms with Crippen LogP contribution in [0.3, 0.4) is 0 Å². The van der Waals surface area contributed by atoms with Crippen molar-refractivity contribution in [2.45, 2.75) is 19.3 Å². The van der Waals surface area contributed by atoms with Crippen molar-refractivity contribution in [2.75, 3.05) is 13.7 Å². The van der Waals surface area contributed by atoms with Gasteiger partial charge in [0.25, 0.3) is 5.91 Å². The molecule has 2 aromatic carbocycles. The second-order valence-electron chi connectivity index (χ2n) is 6.21. The van der Waals surface area contributed by atoms with Crippen molar-refractivity contribution < 1.29 is 19.1 Å². The maximum atomic E-state index is 12.3. The molecule has 0 radical (unpaired) electrons. The van der Waals surface area contributed by atoms with Gasteiger partial charge in [-0.05, 0) is 49.1 Å². The van der Waals surface area contributed by atoms with Crippen LogP contribution < -0.4 is 20.3 Å². The average molecular weight is 389 g/mol. The van der Waals surface area contributed by atoms with Crippen LogP contribution in [0.2, 0.25) is 5.02 Å². The Labute approximate surface area is 162 Å². The first-order valence-electron chi connectivity index (χ1n) is 8.70. The van der Waals surface area contributed by atoms with E-state index >= 15 is 0 Å². The number of rotatable bonds is 6. The summed E-state index contributed by atoms with van der Waals surface area (Å²) in [4.78, 5) is 24.6. The van der Waals surface area contributed by atoms with Gasteiger partial charge in [-0.1, -0.05) is 29.8 Å². The van der Waals surface area contributed by atoms with Crippen molar-refractivity contribution in [1.82, 2.24) is 10.9 Å². The summed E-state index contributed by atoms with van der Waals surface area (Å²) >= 11 is 6.18. The van der Waals surface area contributed by atoms with Gasteiger partial charge in [-0.15, -0.1) is 0 Å². The maximum Gasteiger partial charge on any atom is 0.269 e. The first-order valence-corrected chi connectivity index (χ1v) is 9.08. The Balaban J connectivity index is 1.57. The van der Waals surface area contributed by atoms with E-state index in [1.165, 1.54) is 7.11 Å². The van der Waals surface area contributed by atoms with E-state index in [1.54, 1.807) is 18.2 Å². The van der Waals surface area contributed by atoms with Gasteiger partial charge in [0.05, 0.1) is 13.7 Å². The summed E-state index contributed by atoms with van der Waals surface area (Å²) < 4.78 is 10.7. The molecule has 142 valence electrons. The van der Waals surface area contributed by atoms with E-state index in [0.29, 0.717) is 35.1 Å². The van der Waals surface area contributed by atoms with Gasteiger partial charge in [0.1, 0.15) is 0 Å². The van der Waals surface area contributed by atoms with Gasteiger partial charge in [0.15, 0.2) is 11.5 Å². The van der Waals surface area contributed by atoms with Crippen LogP contribution in [0.25, 0.3) is 0 Å². The number of amides is 2. The number of hydrogen-bond donors (Lipinski definition) is 2. The third kappa shape index (κ3) is 4.34. The third-order valence-corrected chi connectivity index (χ3v) is 4.80. The molecule has 1 fully saturated rings. The lowest BCUT2D eigenvalue weighted by molar-refractivity contribution is -0.123. The van der Waals surface area contributed by atoms with E-state index in [9.17, 15) is 9.59 Å². The molecule has 0 spiro atoms. The highest BCUT2D eigenvalue weighted by Gasteiger charge is 2.44. The molecule has 27 heavy (non-hydrogen) atoms. The summed E-state index contributed by atoms with van der Waals surface area (Å²) in [7, 11) is 1.50. The highest BCUT2D eigenvalue weighted by atomic mass is 35.5. The monoisotopic (exact) mass is 388 g/mol. The maximum absolute atomic E-state index is 12.3. The molecular weight excluding hydrogens is 368 g/mol. The topological polar surface area (TPSA) is 76.7 Å². The molecule has 0 aliphatic heterocycles. The Morgan fingerprint density at radius 1 is 1.15 bits per heavy atom. The second kappa shape index (κ2) is 8.31. The van der Waals surface area contributed by atoms with E-state index in [2.05, 4.69) is 10.9 Å². The Morgan fingerprint density at radius 3 is 2.63 bits per heavy atom. The van der Waals surface area contributed by atoms with Gasteiger partial charge in [0.2, 0.25) is 5.91 Å². The Bertz CT molecular complexity index is 856. The summed E-state index contributed by atoms with van der Waals surface area (Å²) in [6.45, 7) is 2.36. The summed E-state index contributed by atoms with van der Waals surface area (Å²) in [5, 5.41) is 0.656. The van der Waals surface area contributed by atoms with Gasteiger partial charge in [-0.2, -0.15) is 0 Å². The first kappa shape index (κ1) is 19.0. The standard InChI is InChI=1S/C20H21ClN2O4/c1-3-27-17-9-8-12(10-18(17)26-2)19(24)22-23-20(25)15-11-14(15)13-6-4-5-7-16(13)21/h4-10,14-15H,3,11H2,1-2H3,(H,22,24)(H,23,25). The van der Waals surface area contributed by atoms with Gasteiger partial charge < -0.3 is 9.47 Å². The highest BCUT2D eigenvalue weighted by Crippen LogP contribution is 2.49. The van der Waals surface area contributed by atoms with E-state index in [1.807, 2.05) is 31.2 Å². The Kier molecular flexibility index (Phi) is 5.86. The molecule has 1 aliphatic carbocycles. The number of hydrazine groups is 1. The molecule has 2 aromatic rings. The molecule has 6 nitrogen and oxygen atoms in total. The fourth-order valence-electron chi connectivity index (χ4n) is 2.97. The first-order chi connectivity index (χ1) is 13.0. The van der Waals surface area contributed by atoms with Crippen LogP contribution in [-0.2, 0) is 4.79 Å². The molecule has 0 heterocycles. The quantitative estimate of drug-likeness (QED) is 0.744. The summed E-state index contributed by atoms with van der Waals surface area (Å²) in [5.74, 6) is 0.241. The van der Waals surface area contributed by atoms with Gasteiger partial charge >= 0.3 is 0 Å². The largest absolute Gasteiger partial charge is 0.493 e. The zero-order valence-electron chi connectivity index (χ0n) is 15.1. The summed E-state index contributed by atoms with van der Waals surface area (Å²) in [5.41, 5.74) is 6.24. The van der Waals surface area contributed by atoms with Crippen molar-refractivity contribution in [3.8, 4) is 11.5 Å². The fourth-order valence-corrected chi connectivity index (χ4v) is 3.25. The van der Waals surface area contributed by atoms with Crippen LogP contribution in [-0.4, -0.2) is 25.5 Å². The summed E-state index contributed by atoms with van der Waals surface area (Å²) in [6.07, 6.45) is 0.711. The molecule has 0 bridgehead atoms. The minimum Gasteiger partial charge on any atom is -0.493 e. The number of carbonyl (C=O) groups excluding carboxylic acids is 2. The zero-order chi connectivity index (χ0) is 19.4. The average Bonchev–Trinajstić information content (AvgIpc) is 3.47. The van der Waals surface area contributed by atoms with Crippen molar-refractivity contribution in [3.63, 3.8) is 0 Å². The normalized spacial score (nSPS) is 17.7. The van der Waals surface area contributed by atoms with Crippen LogP contribution in [0.1, 0.15) is 35.2 Å². The third-order valence-electron chi connectivity index (χ3n) is 4.46. The number of methoxy groups -OCH3 is 1. The van der Waals surface area contributed by atoms with Crippen LogP contribution in [0.15, 0.2) is 42.5 Å². The van der Waals surface area contributed by atoms with Crippen LogP contribution in [0.4, 0.5) is 0 Å². The minimum absolute atomic E-state index is 0.0844. The van der Waals surface area contributed by atoms with E-state index in [4.69, 9.17) is 21.1 Å². The minimum atomic E-state index is -0.431. The fraction of sp³-hybridized carbons (Fsp3) is 0.300. The number of ether oxygens (including phenoxy) is 2. The molecule has 3 rings (SSSR count). The molecular formula is C20H21ClN2O4. The predicted octanol–water partition coefficient (Wildman–Crippen LogP) is 3.31. The van der Waals surface area contributed by atoms with Crippen molar-refractivity contribution in [2.24, 2.45) is 5.92 Å². The predicted molar refractivity (Wildman–Crippen MR) is 102 cm³/mol. The Hall–Kier alpha value is -2.73. The van der Waals surface area contributed by atoms with Crippen LogP contribution >= 0.6 is 11.6 Å². The lowest BCUT2D eigenvalue weighted by atomic mass is 10.1. The number of carbonyl (C=O) groups is 2. The number of halogens is 1. The molecule has 2 atom stereocenters. The number of benzene rings is 2. The van der Waals surface area contributed by atoms with E-state index in [0.717, 1.165) is 5.56 Å². The molecule has 2 amide bonds. The van der Waals surface area contributed by atoms with Gasteiger partial charge in [-0.3, -0.25) is 20.4 Å².